The van der Waals surface area contributed by atoms with E-state index in [1.807, 2.05) is 18.2 Å². The highest BCUT2D eigenvalue weighted by Gasteiger charge is 2.46. The standard InChI is InChI=1S/C22H22ClNO3/c1-26-20-5-2-4-16(13-20)12-19-14-22(10-3-11-24(19)15-22)27-21(25)17-6-8-18(23)9-7-17/h2,4-9,12-13H,3,10-11,14-15H2,1H3/b19-12+. The van der Waals surface area contributed by atoms with Crippen molar-refractivity contribution in [3.8, 4) is 5.75 Å². The fourth-order valence-electron chi connectivity index (χ4n) is 3.96. The summed E-state index contributed by atoms with van der Waals surface area (Å²) in [6.07, 6.45) is 4.82. The average molecular weight is 384 g/mol. The van der Waals surface area contributed by atoms with Crippen molar-refractivity contribution in [2.45, 2.75) is 24.9 Å². The first-order valence-corrected chi connectivity index (χ1v) is 9.53. The van der Waals surface area contributed by atoms with Gasteiger partial charge < -0.3 is 14.4 Å². The molecular formula is C22H22ClNO3. The third-order valence-corrected chi connectivity index (χ3v) is 5.52. The summed E-state index contributed by atoms with van der Waals surface area (Å²) in [6.45, 7) is 1.75. The minimum absolute atomic E-state index is 0.281. The molecule has 0 N–H and O–H groups in total. The molecule has 2 saturated heterocycles. The number of benzene rings is 2. The Kier molecular flexibility index (Phi) is 4.83. The molecule has 4 nitrogen and oxygen atoms in total. The number of halogens is 1. The van der Waals surface area contributed by atoms with Crippen LogP contribution in [0.1, 0.15) is 35.2 Å². The predicted octanol–water partition coefficient (Wildman–Crippen LogP) is 4.78. The van der Waals surface area contributed by atoms with Crippen molar-refractivity contribution < 1.29 is 14.3 Å². The fraction of sp³-hybridized carbons (Fsp3) is 0.318. The number of rotatable bonds is 4. The molecule has 5 heteroatoms. The van der Waals surface area contributed by atoms with Gasteiger partial charge in [0.05, 0.1) is 19.2 Å². The van der Waals surface area contributed by atoms with Gasteiger partial charge in [0.1, 0.15) is 11.4 Å². The number of esters is 1. The lowest BCUT2D eigenvalue weighted by Gasteiger charge is -2.33. The van der Waals surface area contributed by atoms with Crippen LogP contribution in [0.15, 0.2) is 54.2 Å². The summed E-state index contributed by atoms with van der Waals surface area (Å²) < 4.78 is 11.3. The molecule has 2 fully saturated rings. The summed E-state index contributed by atoms with van der Waals surface area (Å²) in [4.78, 5) is 15.0. The van der Waals surface area contributed by atoms with Crippen molar-refractivity contribution in [2.75, 3.05) is 20.2 Å². The molecule has 0 amide bonds. The molecule has 2 aromatic carbocycles. The first-order chi connectivity index (χ1) is 13.1. The summed E-state index contributed by atoms with van der Waals surface area (Å²) in [5, 5.41) is 0.609. The molecule has 0 saturated carbocycles. The largest absolute Gasteiger partial charge is 0.497 e. The van der Waals surface area contributed by atoms with Gasteiger partial charge in [-0.25, -0.2) is 4.79 Å². The summed E-state index contributed by atoms with van der Waals surface area (Å²) in [6, 6.07) is 14.8. The molecule has 0 aliphatic carbocycles. The first-order valence-electron chi connectivity index (χ1n) is 9.15. The van der Waals surface area contributed by atoms with E-state index in [1.54, 1.807) is 31.4 Å². The van der Waals surface area contributed by atoms with E-state index >= 15 is 0 Å². The predicted molar refractivity (Wildman–Crippen MR) is 106 cm³/mol. The van der Waals surface area contributed by atoms with Crippen LogP contribution in [-0.4, -0.2) is 36.7 Å². The van der Waals surface area contributed by atoms with E-state index in [2.05, 4.69) is 17.0 Å². The Morgan fingerprint density at radius 2 is 2.04 bits per heavy atom. The topological polar surface area (TPSA) is 38.8 Å². The van der Waals surface area contributed by atoms with E-state index in [0.717, 1.165) is 43.7 Å². The molecule has 2 bridgehead atoms. The van der Waals surface area contributed by atoms with Crippen molar-refractivity contribution in [3.05, 3.63) is 70.4 Å². The highest BCUT2D eigenvalue weighted by Crippen LogP contribution is 2.42. The maximum atomic E-state index is 12.6. The molecule has 2 heterocycles. The van der Waals surface area contributed by atoms with Crippen LogP contribution in [-0.2, 0) is 4.74 Å². The summed E-state index contributed by atoms with van der Waals surface area (Å²) in [5.41, 5.74) is 2.40. The lowest BCUT2D eigenvalue weighted by Crippen LogP contribution is -2.42. The van der Waals surface area contributed by atoms with Crippen molar-refractivity contribution in [3.63, 3.8) is 0 Å². The van der Waals surface area contributed by atoms with Gasteiger partial charge in [-0.05, 0) is 60.9 Å². The van der Waals surface area contributed by atoms with Gasteiger partial charge in [-0.2, -0.15) is 0 Å². The number of methoxy groups -OCH3 is 1. The molecule has 2 aromatic rings. The van der Waals surface area contributed by atoms with E-state index in [9.17, 15) is 4.79 Å². The van der Waals surface area contributed by atoms with E-state index in [-0.39, 0.29) is 5.97 Å². The SMILES string of the molecule is COc1cccc(/C=C2\CC3(OC(=O)c4ccc(Cl)cc4)CCCN2C3)c1. The Morgan fingerprint density at radius 3 is 2.81 bits per heavy atom. The summed E-state index contributed by atoms with van der Waals surface area (Å²) >= 11 is 5.91. The van der Waals surface area contributed by atoms with Crippen molar-refractivity contribution in [1.82, 2.24) is 4.90 Å². The molecule has 1 unspecified atom stereocenters. The number of hydrogen-bond acceptors (Lipinski definition) is 4. The molecule has 27 heavy (non-hydrogen) atoms. The van der Waals surface area contributed by atoms with Gasteiger partial charge in [-0.3, -0.25) is 0 Å². The van der Waals surface area contributed by atoms with Gasteiger partial charge in [0.15, 0.2) is 0 Å². The van der Waals surface area contributed by atoms with Crippen LogP contribution < -0.4 is 4.74 Å². The van der Waals surface area contributed by atoms with Gasteiger partial charge >= 0.3 is 5.97 Å². The van der Waals surface area contributed by atoms with Gasteiger partial charge in [-0.1, -0.05) is 23.7 Å². The van der Waals surface area contributed by atoms with Crippen molar-refractivity contribution in [1.29, 1.82) is 0 Å². The van der Waals surface area contributed by atoms with Gasteiger partial charge in [0.25, 0.3) is 0 Å². The van der Waals surface area contributed by atoms with Crippen LogP contribution in [0.4, 0.5) is 0 Å². The van der Waals surface area contributed by atoms with Gasteiger partial charge in [0, 0.05) is 23.7 Å². The molecule has 2 aliphatic heterocycles. The molecule has 0 spiro atoms. The molecule has 4 rings (SSSR count). The Morgan fingerprint density at radius 1 is 1.22 bits per heavy atom. The van der Waals surface area contributed by atoms with Crippen LogP contribution in [0.25, 0.3) is 6.08 Å². The van der Waals surface area contributed by atoms with E-state index < -0.39 is 5.60 Å². The van der Waals surface area contributed by atoms with E-state index in [4.69, 9.17) is 21.1 Å². The minimum Gasteiger partial charge on any atom is -0.497 e. The number of ether oxygens (including phenoxy) is 2. The molecule has 0 aromatic heterocycles. The molecule has 140 valence electrons. The second-order valence-electron chi connectivity index (χ2n) is 7.19. The van der Waals surface area contributed by atoms with Crippen LogP contribution in [0, 0.1) is 0 Å². The molecule has 2 aliphatic rings. The monoisotopic (exact) mass is 383 g/mol. The maximum absolute atomic E-state index is 12.6. The quantitative estimate of drug-likeness (QED) is 0.712. The molecular weight excluding hydrogens is 362 g/mol. The summed E-state index contributed by atoms with van der Waals surface area (Å²) in [5.74, 6) is 0.556. The van der Waals surface area contributed by atoms with E-state index in [0.29, 0.717) is 10.6 Å². The van der Waals surface area contributed by atoms with E-state index in [1.165, 1.54) is 5.70 Å². The zero-order chi connectivity index (χ0) is 18.9. The van der Waals surface area contributed by atoms with Crippen LogP contribution >= 0.6 is 11.6 Å². The van der Waals surface area contributed by atoms with Crippen LogP contribution in [0.2, 0.25) is 5.02 Å². The van der Waals surface area contributed by atoms with Gasteiger partial charge in [-0.15, -0.1) is 0 Å². The highest BCUT2D eigenvalue weighted by molar-refractivity contribution is 6.30. The second-order valence-corrected chi connectivity index (χ2v) is 7.63. The number of fused-ring (bicyclic) bond motifs is 2. The normalized spacial score (nSPS) is 22.7. The molecule has 0 radical (unpaired) electrons. The number of hydrogen-bond donors (Lipinski definition) is 0. The Bertz CT molecular complexity index is 877. The average Bonchev–Trinajstić information content (AvgIpc) is 2.91. The van der Waals surface area contributed by atoms with Crippen molar-refractivity contribution in [2.24, 2.45) is 0 Å². The number of piperidine rings is 1. The first kappa shape index (κ1) is 17.9. The smallest absolute Gasteiger partial charge is 0.338 e. The van der Waals surface area contributed by atoms with Gasteiger partial charge in [0.2, 0.25) is 0 Å². The second kappa shape index (κ2) is 7.28. The zero-order valence-corrected chi connectivity index (χ0v) is 16.0. The lowest BCUT2D eigenvalue weighted by molar-refractivity contribution is -0.0270. The van der Waals surface area contributed by atoms with Crippen LogP contribution in [0.5, 0.6) is 5.75 Å². The maximum Gasteiger partial charge on any atom is 0.338 e. The number of carbonyl (C=O) groups is 1. The Hall–Kier alpha value is -2.46. The number of nitrogens with zero attached hydrogens (tertiary/aromatic N) is 1. The summed E-state index contributed by atoms with van der Waals surface area (Å²) in [7, 11) is 1.67. The molecule has 1 atom stereocenters. The zero-order valence-electron chi connectivity index (χ0n) is 15.3. The Balaban J connectivity index is 1.54. The fourth-order valence-corrected chi connectivity index (χ4v) is 4.08. The Labute approximate surface area is 164 Å². The highest BCUT2D eigenvalue weighted by atomic mass is 35.5. The van der Waals surface area contributed by atoms with Crippen molar-refractivity contribution >= 4 is 23.6 Å². The third kappa shape index (κ3) is 3.81. The minimum atomic E-state index is -0.445. The lowest BCUT2D eigenvalue weighted by atomic mass is 9.94. The van der Waals surface area contributed by atoms with Crippen LogP contribution in [0.3, 0.4) is 0 Å². The number of carbonyl (C=O) groups excluding carboxylic acids is 1. The third-order valence-electron chi connectivity index (χ3n) is 5.27.